The number of carbonyl (C=O) groups excluding carboxylic acids is 2. The molecule has 0 aliphatic rings. The summed E-state index contributed by atoms with van der Waals surface area (Å²) in [6.45, 7) is 1.94. The Hall–Kier alpha value is -2.78. The summed E-state index contributed by atoms with van der Waals surface area (Å²) in [4.78, 5) is 29.0. The summed E-state index contributed by atoms with van der Waals surface area (Å²) < 4.78 is 26.7. The molecule has 7 nitrogen and oxygen atoms in total. The number of nitrogens with one attached hydrogen (secondary N) is 1. The average Bonchev–Trinajstić information content (AvgIpc) is 2.91. The molecule has 3 aromatic carbocycles. The summed E-state index contributed by atoms with van der Waals surface area (Å²) >= 11 is 18.5. The fourth-order valence-electron chi connectivity index (χ4n) is 4.12. The number of unbranched alkanes of at least 4 members (excludes halogenated alkanes) is 1. The van der Waals surface area contributed by atoms with Gasteiger partial charge in [-0.1, -0.05) is 90.6 Å². The van der Waals surface area contributed by atoms with E-state index in [-0.39, 0.29) is 34.6 Å². The molecule has 3 rings (SSSR count). The topological polar surface area (TPSA) is 86.8 Å². The second-order valence-electron chi connectivity index (χ2n) is 9.36. The smallest absolute Gasteiger partial charge is 0.244 e. The minimum Gasteiger partial charge on any atom is -0.354 e. The Morgan fingerprint density at radius 2 is 1.55 bits per heavy atom. The highest BCUT2D eigenvalue weighted by Crippen LogP contribution is 2.31. The van der Waals surface area contributed by atoms with Crippen molar-refractivity contribution < 1.29 is 18.0 Å². The second-order valence-corrected chi connectivity index (χ2v) is 12.6. The van der Waals surface area contributed by atoms with Crippen molar-refractivity contribution >= 4 is 62.3 Å². The van der Waals surface area contributed by atoms with Crippen molar-refractivity contribution in [2.75, 3.05) is 23.7 Å². The number of benzene rings is 3. The van der Waals surface area contributed by atoms with Crippen LogP contribution in [-0.4, -0.2) is 50.5 Å². The number of carbonyl (C=O) groups is 2. The first-order valence-corrected chi connectivity index (χ1v) is 15.8. The molecule has 0 aliphatic carbocycles. The van der Waals surface area contributed by atoms with Crippen LogP contribution in [0.5, 0.6) is 0 Å². The van der Waals surface area contributed by atoms with Crippen LogP contribution in [0.4, 0.5) is 5.69 Å². The fraction of sp³-hybridized carbons (Fsp3) is 0.310. The van der Waals surface area contributed by atoms with E-state index in [2.05, 4.69) is 5.32 Å². The third-order valence-electron chi connectivity index (χ3n) is 6.22. The van der Waals surface area contributed by atoms with Gasteiger partial charge in [-0.2, -0.15) is 0 Å². The molecule has 214 valence electrons. The molecule has 11 heteroatoms. The van der Waals surface area contributed by atoms with Crippen LogP contribution in [0.1, 0.15) is 30.9 Å². The molecule has 0 unspecified atom stereocenters. The first-order chi connectivity index (χ1) is 19.0. The lowest BCUT2D eigenvalue weighted by molar-refractivity contribution is -0.140. The van der Waals surface area contributed by atoms with Crippen molar-refractivity contribution in [1.29, 1.82) is 0 Å². The van der Waals surface area contributed by atoms with E-state index in [0.717, 1.165) is 34.5 Å². The maximum Gasteiger partial charge on any atom is 0.244 e. The molecule has 0 heterocycles. The van der Waals surface area contributed by atoms with Crippen LogP contribution in [0.25, 0.3) is 0 Å². The van der Waals surface area contributed by atoms with Crippen LogP contribution in [-0.2, 0) is 32.6 Å². The highest BCUT2D eigenvalue weighted by molar-refractivity contribution is 7.92. The molecule has 0 aliphatic heterocycles. The van der Waals surface area contributed by atoms with E-state index in [4.69, 9.17) is 34.8 Å². The molecule has 0 saturated carbocycles. The van der Waals surface area contributed by atoms with Crippen molar-refractivity contribution in [2.24, 2.45) is 0 Å². The Balaban J connectivity index is 2.05. The molecule has 40 heavy (non-hydrogen) atoms. The number of nitrogens with zero attached hydrogens (tertiary/aromatic N) is 2. The molecule has 0 bridgehead atoms. The van der Waals surface area contributed by atoms with E-state index in [1.54, 1.807) is 24.3 Å². The van der Waals surface area contributed by atoms with Gasteiger partial charge in [-0.15, -0.1) is 0 Å². The van der Waals surface area contributed by atoms with Crippen molar-refractivity contribution in [3.05, 3.63) is 99.0 Å². The molecular weight excluding hydrogens is 593 g/mol. The summed E-state index contributed by atoms with van der Waals surface area (Å²) in [5.74, 6) is -0.908. The van der Waals surface area contributed by atoms with Gasteiger partial charge in [-0.25, -0.2) is 8.42 Å². The molecule has 1 atom stereocenters. The summed E-state index contributed by atoms with van der Waals surface area (Å²) in [6.07, 6.45) is 2.89. The third kappa shape index (κ3) is 9.13. The Kier molecular flexibility index (Phi) is 11.7. The van der Waals surface area contributed by atoms with Crippen LogP contribution >= 0.6 is 34.8 Å². The van der Waals surface area contributed by atoms with E-state index in [9.17, 15) is 18.0 Å². The number of halogens is 3. The van der Waals surface area contributed by atoms with E-state index in [1.807, 2.05) is 37.3 Å². The normalized spacial score (nSPS) is 12.0. The van der Waals surface area contributed by atoms with Crippen LogP contribution in [0.2, 0.25) is 15.1 Å². The molecule has 0 aromatic heterocycles. The molecule has 1 N–H and O–H groups in total. The molecule has 0 spiro atoms. The van der Waals surface area contributed by atoms with E-state index in [0.29, 0.717) is 11.6 Å². The minimum atomic E-state index is -3.96. The zero-order valence-electron chi connectivity index (χ0n) is 22.3. The van der Waals surface area contributed by atoms with Crippen molar-refractivity contribution in [3.63, 3.8) is 0 Å². The number of sulfonamides is 1. The van der Waals surface area contributed by atoms with Gasteiger partial charge in [0.2, 0.25) is 21.8 Å². The summed E-state index contributed by atoms with van der Waals surface area (Å²) in [5, 5.41) is 3.84. The SMILES string of the molecule is CCCCNC(=O)[C@@H](Cc1ccccc1)N(Cc1ccc(Cl)cc1)C(=O)CN(c1cc(Cl)ccc1Cl)S(C)(=O)=O. The van der Waals surface area contributed by atoms with Crippen molar-refractivity contribution in [1.82, 2.24) is 10.2 Å². The summed E-state index contributed by atoms with van der Waals surface area (Å²) in [6, 6.07) is 19.7. The first kappa shape index (κ1) is 31.7. The predicted molar refractivity (Wildman–Crippen MR) is 163 cm³/mol. The van der Waals surface area contributed by atoms with Crippen LogP contribution < -0.4 is 9.62 Å². The highest BCUT2D eigenvalue weighted by Gasteiger charge is 2.33. The maximum absolute atomic E-state index is 14.0. The van der Waals surface area contributed by atoms with Crippen LogP contribution in [0.15, 0.2) is 72.8 Å². The zero-order chi connectivity index (χ0) is 29.3. The number of rotatable bonds is 13. The van der Waals surface area contributed by atoms with E-state index < -0.39 is 28.5 Å². The third-order valence-corrected chi connectivity index (χ3v) is 8.16. The van der Waals surface area contributed by atoms with Gasteiger partial charge in [0.15, 0.2) is 0 Å². The van der Waals surface area contributed by atoms with Gasteiger partial charge < -0.3 is 10.2 Å². The standard InChI is InChI=1S/C29H32Cl3N3O4S/c1-3-4-16-33-29(37)27(17-21-8-6-5-7-9-21)34(19-22-10-12-23(30)13-11-22)28(36)20-35(40(2,38)39)26-18-24(31)14-15-25(26)32/h5-15,18,27H,3-4,16-17,19-20H2,1-2H3,(H,33,37)/t27-/m1/s1. The van der Waals surface area contributed by atoms with Crippen LogP contribution in [0.3, 0.4) is 0 Å². The number of hydrogen-bond donors (Lipinski definition) is 1. The number of anilines is 1. The van der Waals surface area contributed by atoms with Gasteiger partial charge in [0.1, 0.15) is 12.6 Å². The van der Waals surface area contributed by atoms with Crippen molar-refractivity contribution in [3.8, 4) is 0 Å². The first-order valence-electron chi connectivity index (χ1n) is 12.8. The van der Waals surface area contributed by atoms with Gasteiger partial charge in [-0.3, -0.25) is 13.9 Å². The lowest BCUT2D eigenvalue weighted by atomic mass is 10.0. The monoisotopic (exact) mass is 623 g/mol. The van der Waals surface area contributed by atoms with E-state index in [1.165, 1.54) is 23.1 Å². The zero-order valence-corrected chi connectivity index (χ0v) is 25.4. The molecular formula is C29H32Cl3N3O4S. The Labute approximate surface area is 251 Å². The van der Waals surface area contributed by atoms with Gasteiger partial charge in [0.05, 0.1) is 17.0 Å². The predicted octanol–water partition coefficient (Wildman–Crippen LogP) is 5.97. The van der Waals surface area contributed by atoms with Gasteiger partial charge in [-0.05, 0) is 47.9 Å². The largest absolute Gasteiger partial charge is 0.354 e. The van der Waals surface area contributed by atoms with Crippen molar-refractivity contribution in [2.45, 2.75) is 38.8 Å². The van der Waals surface area contributed by atoms with Gasteiger partial charge in [0.25, 0.3) is 0 Å². The average molecular weight is 625 g/mol. The highest BCUT2D eigenvalue weighted by atomic mass is 35.5. The van der Waals surface area contributed by atoms with Crippen LogP contribution in [0, 0.1) is 0 Å². The van der Waals surface area contributed by atoms with Gasteiger partial charge in [0, 0.05) is 29.6 Å². The molecule has 0 saturated heterocycles. The number of amides is 2. The quantitative estimate of drug-likeness (QED) is 0.238. The molecule has 2 amide bonds. The fourth-order valence-corrected chi connectivity index (χ4v) is 5.53. The second kappa shape index (κ2) is 14.7. The summed E-state index contributed by atoms with van der Waals surface area (Å²) in [5.41, 5.74) is 1.65. The lowest BCUT2D eigenvalue weighted by Crippen LogP contribution is -2.53. The summed E-state index contributed by atoms with van der Waals surface area (Å²) in [7, 11) is -3.96. The number of hydrogen-bond acceptors (Lipinski definition) is 4. The Morgan fingerprint density at radius 1 is 0.900 bits per heavy atom. The molecule has 3 aromatic rings. The Morgan fingerprint density at radius 3 is 2.17 bits per heavy atom. The Bertz CT molecular complexity index is 1400. The molecule has 0 radical (unpaired) electrons. The lowest BCUT2D eigenvalue weighted by Gasteiger charge is -2.33. The minimum absolute atomic E-state index is 0.0512. The molecule has 0 fully saturated rings. The van der Waals surface area contributed by atoms with E-state index >= 15 is 0 Å². The van der Waals surface area contributed by atoms with Gasteiger partial charge >= 0.3 is 0 Å². The maximum atomic E-state index is 14.0.